The monoisotopic (exact) mass is 368 g/mol. The Morgan fingerprint density at radius 1 is 0.846 bits per heavy atom. The van der Waals surface area contributed by atoms with Crippen LogP contribution in [-0.2, 0) is 0 Å². The van der Waals surface area contributed by atoms with Crippen molar-refractivity contribution in [2.24, 2.45) is 0 Å². The van der Waals surface area contributed by atoms with Gasteiger partial charge in [0.25, 0.3) is 11.4 Å². The van der Waals surface area contributed by atoms with Crippen molar-refractivity contribution in [3.63, 3.8) is 0 Å². The molecule has 0 amide bonds. The van der Waals surface area contributed by atoms with Crippen molar-refractivity contribution in [3.8, 4) is 5.75 Å². The van der Waals surface area contributed by atoms with E-state index in [1.807, 2.05) is 0 Å². The highest BCUT2D eigenvalue weighted by Gasteiger charge is 2.30. The SMILES string of the molecule is C1CCN2CCCCC2C1.O=[N+]([O-])c1cc([N+](=O)[O-])c(O)c([N+](=O)[O-])c1. The molecule has 2 heterocycles. The van der Waals surface area contributed by atoms with Gasteiger partial charge in [0.1, 0.15) is 0 Å². The molecule has 0 spiro atoms. The average Bonchev–Trinajstić information content (AvgIpc) is 2.61. The summed E-state index contributed by atoms with van der Waals surface area (Å²) >= 11 is 0. The van der Waals surface area contributed by atoms with Crippen LogP contribution >= 0.6 is 0 Å². The smallest absolute Gasteiger partial charge is 0.324 e. The number of rotatable bonds is 3. The Kier molecular flexibility index (Phi) is 6.39. The number of phenolic OH excluding ortho intramolecular Hbond substituents is 1. The highest BCUT2D eigenvalue weighted by molar-refractivity contribution is 5.64. The summed E-state index contributed by atoms with van der Waals surface area (Å²) < 4.78 is 0. The molecule has 2 saturated heterocycles. The van der Waals surface area contributed by atoms with E-state index in [4.69, 9.17) is 5.11 Å². The maximum Gasteiger partial charge on any atom is 0.324 e. The molecule has 0 radical (unpaired) electrons. The predicted octanol–water partition coefficient (Wildman–Crippen LogP) is 3.14. The number of hydrogen-bond donors (Lipinski definition) is 1. The van der Waals surface area contributed by atoms with E-state index in [0.29, 0.717) is 12.1 Å². The molecule has 0 atom stereocenters. The van der Waals surface area contributed by atoms with Crippen LogP contribution in [0, 0.1) is 30.3 Å². The molecule has 0 saturated carbocycles. The summed E-state index contributed by atoms with van der Waals surface area (Å²) in [6.45, 7) is 2.79. The summed E-state index contributed by atoms with van der Waals surface area (Å²) in [6.07, 6.45) is 8.86. The van der Waals surface area contributed by atoms with Crippen molar-refractivity contribution in [1.82, 2.24) is 4.90 Å². The van der Waals surface area contributed by atoms with Crippen LogP contribution in [0.2, 0.25) is 0 Å². The lowest BCUT2D eigenvalue weighted by molar-refractivity contribution is -0.404. The van der Waals surface area contributed by atoms with Crippen LogP contribution < -0.4 is 0 Å². The molecule has 0 unspecified atom stereocenters. The second-order valence-corrected chi connectivity index (χ2v) is 6.29. The molecule has 2 fully saturated rings. The van der Waals surface area contributed by atoms with Crippen LogP contribution in [0.4, 0.5) is 17.1 Å². The zero-order chi connectivity index (χ0) is 19.3. The molecule has 11 heteroatoms. The Balaban J connectivity index is 0.000000206. The number of fused-ring (bicyclic) bond motifs is 1. The van der Waals surface area contributed by atoms with Gasteiger partial charge in [-0.15, -0.1) is 0 Å². The molecular formula is C15H20N4O7. The minimum atomic E-state index is -1.21. The first-order valence-electron chi connectivity index (χ1n) is 8.35. The van der Waals surface area contributed by atoms with Gasteiger partial charge in [-0.3, -0.25) is 30.3 Å². The van der Waals surface area contributed by atoms with E-state index in [2.05, 4.69) is 4.90 Å². The summed E-state index contributed by atoms with van der Waals surface area (Å²) in [4.78, 5) is 30.5. The van der Waals surface area contributed by atoms with E-state index in [0.717, 1.165) is 6.04 Å². The Hall–Kier alpha value is -2.82. The highest BCUT2D eigenvalue weighted by Crippen LogP contribution is 2.38. The van der Waals surface area contributed by atoms with Crippen LogP contribution in [-0.4, -0.2) is 43.9 Å². The summed E-state index contributed by atoms with van der Waals surface area (Å²) in [5, 5.41) is 40.2. The van der Waals surface area contributed by atoms with Crippen molar-refractivity contribution in [3.05, 3.63) is 42.5 Å². The fraction of sp³-hybridized carbons (Fsp3) is 0.600. The molecular weight excluding hydrogens is 348 g/mol. The summed E-state index contributed by atoms with van der Waals surface area (Å²) in [5.41, 5.74) is -3.00. The number of benzene rings is 1. The highest BCUT2D eigenvalue weighted by atomic mass is 16.6. The predicted molar refractivity (Wildman–Crippen MR) is 91.1 cm³/mol. The number of phenols is 1. The van der Waals surface area contributed by atoms with Crippen molar-refractivity contribution in [2.45, 2.75) is 44.6 Å². The van der Waals surface area contributed by atoms with E-state index in [1.54, 1.807) is 0 Å². The summed E-state index contributed by atoms with van der Waals surface area (Å²) in [7, 11) is 0. The molecule has 11 nitrogen and oxygen atoms in total. The largest absolute Gasteiger partial charge is 0.497 e. The third kappa shape index (κ3) is 4.63. The molecule has 2 aliphatic heterocycles. The van der Waals surface area contributed by atoms with Crippen LogP contribution in [0.25, 0.3) is 0 Å². The molecule has 26 heavy (non-hydrogen) atoms. The van der Waals surface area contributed by atoms with E-state index in [-0.39, 0.29) is 0 Å². The normalized spacial score (nSPS) is 17.5. The molecule has 3 rings (SSSR count). The Bertz CT molecular complexity index is 648. The van der Waals surface area contributed by atoms with Gasteiger partial charge in [-0.05, 0) is 38.8 Å². The quantitative estimate of drug-likeness (QED) is 0.630. The van der Waals surface area contributed by atoms with Crippen LogP contribution in [0.3, 0.4) is 0 Å². The number of nitrogens with zero attached hydrogens (tertiary/aromatic N) is 4. The second-order valence-electron chi connectivity index (χ2n) is 6.29. The van der Waals surface area contributed by atoms with Gasteiger partial charge in [0.15, 0.2) is 0 Å². The molecule has 0 aliphatic carbocycles. The fourth-order valence-electron chi connectivity index (χ4n) is 3.35. The average molecular weight is 368 g/mol. The number of aromatic hydroxyl groups is 1. The standard InChI is InChI=1S/C9H17N.C6H3N3O7/c1-3-7-10-8-4-2-6-9(10)5-1;10-6-4(8(13)14)1-3(7(11)12)2-5(6)9(15)16/h9H,1-8H2;1-2,10H. The minimum Gasteiger partial charge on any atom is -0.497 e. The van der Waals surface area contributed by atoms with Crippen molar-refractivity contribution >= 4 is 17.1 Å². The first kappa shape index (κ1) is 19.5. The zero-order valence-electron chi connectivity index (χ0n) is 14.1. The Morgan fingerprint density at radius 2 is 1.31 bits per heavy atom. The maximum absolute atomic E-state index is 10.4. The Morgan fingerprint density at radius 3 is 1.65 bits per heavy atom. The van der Waals surface area contributed by atoms with Gasteiger partial charge in [0, 0.05) is 6.04 Å². The van der Waals surface area contributed by atoms with Crippen LogP contribution in [0.5, 0.6) is 5.75 Å². The van der Waals surface area contributed by atoms with Crippen LogP contribution in [0.1, 0.15) is 38.5 Å². The first-order chi connectivity index (χ1) is 12.3. The molecule has 2 aliphatic rings. The lowest BCUT2D eigenvalue weighted by Gasteiger charge is -2.39. The third-order valence-corrected chi connectivity index (χ3v) is 4.64. The van der Waals surface area contributed by atoms with Crippen LogP contribution in [0.15, 0.2) is 12.1 Å². The third-order valence-electron chi connectivity index (χ3n) is 4.64. The molecule has 0 aromatic heterocycles. The van der Waals surface area contributed by atoms with Crippen molar-refractivity contribution in [1.29, 1.82) is 0 Å². The number of piperidine rings is 2. The number of nitro benzene ring substituents is 3. The molecule has 142 valence electrons. The summed E-state index contributed by atoms with van der Waals surface area (Å²) in [6, 6.07) is 1.88. The van der Waals surface area contributed by atoms with Gasteiger partial charge in [0.05, 0.1) is 26.9 Å². The minimum absolute atomic E-state index is 0.447. The van der Waals surface area contributed by atoms with E-state index >= 15 is 0 Å². The van der Waals surface area contributed by atoms with Gasteiger partial charge in [-0.2, -0.15) is 0 Å². The van der Waals surface area contributed by atoms with Gasteiger partial charge in [-0.1, -0.05) is 12.8 Å². The maximum atomic E-state index is 10.4. The molecule has 1 aromatic rings. The number of nitro groups is 3. The summed E-state index contributed by atoms with van der Waals surface area (Å²) in [5.74, 6) is -1.21. The van der Waals surface area contributed by atoms with E-state index in [9.17, 15) is 30.3 Å². The fourth-order valence-corrected chi connectivity index (χ4v) is 3.35. The zero-order valence-corrected chi connectivity index (χ0v) is 14.1. The second kappa shape index (κ2) is 8.52. The molecule has 1 aromatic carbocycles. The van der Waals surface area contributed by atoms with Gasteiger partial charge < -0.3 is 10.0 Å². The number of non-ortho nitro benzene ring substituents is 1. The van der Waals surface area contributed by atoms with Crippen molar-refractivity contribution < 1.29 is 19.9 Å². The van der Waals surface area contributed by atoms with Gasteiger partial charge in [-0.25, -0.2) is 0 Å². The van der Waals surface area contributed by atoms with E-state index < -0.39 is 37.6 Å². The van der Waals surface area contributed by atoms with Gasteiger partial charge in [0.2, 0.25) is 0 Å². The number of hydrogen-bond acceptors (Lipinski definition) is 8. The lowest BCUT2D eigenvalue weighted by atomic mass is 9.93. The van der Waals surface area contributed by atoms with Crippen molar-refractivity contribution in [2.75, 3.05) is 13.1 Å². The topological polar surface area (TPSA) is 153 Å². The molecule has 1 N–H and O–H groups in total. The van der Waals surface area contributed by atoms with Gasteiger partial charge >= 0.3 is 11.4 Å². The molecule has 0 bridgehead atoms. The lowest BCUT2D eigenvalue weighted by Crippen LogP contribution is -2.42. The first-order valence-corrected chi connectivity index (χ1v) is 8.35. The Labute approximate surface area is 148 Å². The van der Waals surface area contributed by atoms with E-state index in [1.165, 1.54) is 51.6 Å².